The summed E-state index contributed by atoms with van der Waals surface area (Å²) in [5, 5.41) is 0. The first-order chi connectivity index (χ1) is 10.2. The molecule has 5 nitrogen and oxygen atoms in total. The Kier molecular flexibility index (Phi) is 3.23. The molecule has 2 aromatic carbocycles. The molecule has 1 heterocycles. The van der Waals surface area contributed by atoms with Gasteiger partial charge in [0.05, 0.1) is 5.56 Å². The molecule has 1 aliphatic heterocycles. The van der Waals surface area contributed by atoms with Gasteiger partial charge in [0, 0.05) is 5.56 Å². The van der Waals surface area contributed by atoms with Crippen LogP contribution in [-0.2, 0) is 4.79 Å². The predicted octanol–water partition coefficient (Wildman–Crippen LogP) is 1.89. The highest BCUT2D eigenvalue weighted by atomic mass is 16.5. The molecule has 1 aliphatic rings. The summed E-state index contributed by atoms with van der Waals surface area (Å²) in [6.07, 6.45) is 0. The van der Waals surface area contributed by atoms with E-state index in [1.807, 2.05) is 0 Å². The van der Waals surface area contributed by atoms with Gasteiger partial charge in [-0.15, -0.1) is 0 Å². The number of hydrogen-bond donors (Lipinski definition) is 0. The Morgan fingerprint density at radius 2 is 1.62 bits per heavy atom. The molecule has 5 heteroatoms. The highest BCUT2D eigenvalue weighted by molar-refractivity contribution is 6.21. The Labute approximate surface area is 120 Å². The maximum absolute atomic E-state index is 12.5. The Balaban J connectivity index is 2.03. The fourth-order valence-electron chi connectivity index (χ4n) is 2.12. The third-order valence-corrected chi connectivity index (χ3v) is 3.14. The predicted molar refractivity (Wildman–Crippen MR) is 73.9 cm³/mol. The number of para-hydroxylation sites is 1. The number of hydrogen-bond acceptors (Lipinski definition) is 4. The van der Waals surface area contributed by atoms with E-state index in [0.29, 0.717) is 10.6 Å². The molecule has 0 spiro atoms. The van der Waals surface area contributed by atoms with Gasteiger partial charge in [0.1, 0.15) is 5.75 Å². The summed E-state index contributed by atoms with van der Waals surface area (Å²) in [4.78, 5) is 37.6. The van der Waals surface area contributed by atoms with Crippen LogP contribution in [0.2, 0.25) is 0 Å². The monoisotopic (exact) mass is 281 g/mol. The summed E-state index contributed by atoms with van der Waals surface area (Å²) < 4.78 is 5.28. The van der Waals surface area contributed by atoms with Crippen molar-refractivity contribution in [1.82, 2.24) is 4.90 Å². The number of benzene rings is 2. The second-order valence-corrected chi connectivity index (χ2v) is 4.49. The van der Waals surface area contributed by atoms with Crippen molar-refractivity contribution < 1.29 is 19.1 Å². The Morgan fingerprint density at radius 1 is 0.952 bits per heavy atom. The molecule has 0 unspecified atom stereocenters. The fraction of sp³-hybridized carbons (Fsp3) is 0.0625. The summed E-state index contributed by atoms with van der Waals surface area (Å²) in [5.41, 5.74) is 0.478. The number of rotatable bonds is 1. The lowest BCUT2D eigenvalue weighted by molar-refractivity contribution is -0.128. The Bertz CT molecular complexity index is 724. The van der Waals surface area contributed by atoms with E-state index < -0.39 is 17.7 Å². The maximum Gasteiger partial charge on any atom is 0.274 e. The van der Waals surface area contributed by atoms with Crippen LogP contribution in [0.25, 0.3) is 0 Å². The second-order valence-electron chi connectivity index (χ2n) is 4.49. The number of carbonyl (C=O) groups excluding carboxylic acids is 3. The van der Waals surface area contributed by atoms with E-state index in [9.17, 15) is 14.4 Å². The zero-order valence-corrected chi connectivity index (χ0v) is 11.0. The van der Waals surface area contributed by atoms with Gasteiger partial charge >= 0.3 is 0 Å². The lowest BCUT2D eigenvalue weighted by Crippen LogP contribution is -2.42. The summed E-state index contributed by atoms with van der Waals surface area (Å²) in [6, 6.07) is 14.7. The van der Waals surface area contributed by atoms with E-state index in [0.717, 1.165) is 0 Å². The Hall–Kier alpha value is -2.95. The zero-order chi connectivity index (χ0) is 14.8. The van der Waals surface area contributed by atoms with Gasteiger partial charge in [0.2, 0.25) is 0 Å². The van der Waals surface area contributed by atoms with Crippen LogP contribution in [0.1, 0.15) is 20.7 Å². The van der Waals surface area contributed by atoms with Gasteiger partial charge in [0.15, 0.2) is 6.61 Å². The van der Waals surface area contributed by atoms with Crippen molar-refractivity contribution in [3.63, 3.8) is 0 Å². The molecule has 0 saturated carbocycles. The minimum Gasteiger partial charge on any atom is -0.483 e. The number of nitrogens with zero attached hydrogens (tertiary/aromatic N) is 1. The van der Waals surface area contributed by atoms with Gasteiger partial charge in [-0.25, -0.2) is 4.90 Å². The van der Waals surface area contributed by atoms with E-state index in [2.05, 4.69) is 0 Å². The molecule has 3 amide bonds. The van der Waals surface area contributed by atoms with E-state index in [1.165, 1.54) is 6.07 Å². The molecule has 0 fully saturated rings. The summed E-state index contributed by atoms with van der Waals surface area (Å²) in [6.45, 7) is -0.346. The van der Waals surface area contributed by atoms with Crippen LogP contribution < -0.4 is 4.74 Å². The lowest BCUT2D eigenvalue weighted by atomic mass is 10.1. The Morgan fingerprint density at radius 3 is 2.38 bits per heavy atom. The number of ether oxygens (including phenoxy) is 1. The van der Waals surface area contributed by atoms with Crippen LogP contribution in [0, 0.1) is 0 Å². The van der Waals surface area contributed by atoms with Crippen LogP contribution in [0.15, 0.2) is 54.6 Å². The summed E-state index contributed by atoms with van der Waals surface area (Å²) in [7, 11) is 0. The average Bonchev–Trinajstić information content (AvgIpc) is 2.65. The largest absolute Gasteiger partial charge is 0.483 e. The molecular weight excluding hydrogens is 270 g/mol. The van der Waals surface area contributed by atoms with Gasteiger partial charge in [-0.1, -0.05) is 30.3 Å². The van der Waals surface area contributed by atoms with Gasteiger partial charge in [-0.3, -0.25) is 14.4 Å². The molecule has 3 rings (SSSR count). The average molecular weight is 281 g/mol. The van der Waals surface area contributed by atoms with Gasteiger partial charge in [-0.05, 0) is 24.3 Å². The molecule has 104 valence electrons. The minimum atomic E-state index is -0.676. The normalized spacial score (nSPS) is 14.2. The quantitative estimate of drug-likeness (QED) is 0.749. The van der Waals surface area contributed by atoms with E-state index >= 15 is 0 Å². The number of amides is 3. The van der Waals surface area contributed by atoms with Gasteiger partial charge in [-0.2, -0.15) is 0 Å². The number of imide groups is 3. The first-order valence-electron chi connectivity index (χ1n) is 6.37. The van der Waals surface area contributed by atoms with Crippen LogP contribution in [-0.4, -0.2) is 29.2 Å². The molecule has 0 saturated heterocycles. The number of fused-ring (bicyclic) bond motifs is 1. The van der Waals surface area contributed by atoms with E-state index in [1.54, 1.807) is 48.5 Å². The molecule has 0 N–H and O–H groups in total. The molecule has 2 aromatic rings. The topological polar surface area (TPSA) is 63.7 Å². The highest BCUT2D eigenvalue weighted by Gasteiger charge is 2.34. The molecule has 21 heavy (non-hydrogen) atoms. The van der Waals surface area contributed by atoms with Crippen molar-refractivity contribution in [2.75, 3.05) is 6.61 Å². The smallest absolute Gasteiger partial charge is 0.274 e. The second kappa shape index (κ2) is 5.20. The first-order valence-corrected chi connectivity index (χ1v) is 6.37. The van der Waals surface area contributed by atoms with Crippen molar-refractivity contribution in [3.05, 3.63) is 65.7 Å². The van der Waals surface area contributed by atoms with Crippen LogP contribution in [0.3, 0.4) is 0 Å². The molecule has 0 radical (unpaired) electrons. The SMILES string of the molecule is O=C1COc2ccccc2C(=O)N1C(=O)c1ccccc1. The molecule has 0 aromatic heterocycles. The lowest BCUT2D eigenvalue weighted by Gasteiger charge is -2.16. The van der Waals surface area contributed by atoms with Crippen molar-refractivity contribution in [1.29, 1.82) is 0 Å². The highest BCUT2D eigenvalue weighted by Crippen LogP contribution is 2.23. The summed E-state index contributed by atoms with van der Waals surface area (Å²) in [5.74, 6) is -1.68. The fourth-order valence-corrected chi connectivity index (χ4v) is 2.12. The summed E-state index contributed by atoms with van der Waals surface area (Å²) >= 11 is 0. The van der Waals surface area contributed by atoms with Crippen LogP contribution >= 0.6 is 0 Å². The van der Waals surface area contributed by atoms with Crippen LogP contribution in [0.4, 0.5) is 0 Å². The van der Waals surface area contributed by atoms with Crippen molar-refractivity contribution in [2.24, 2.45) is 0 Å². The maximum atomic E-state index is 12.5. The van der Waals surface area contributed by atoms with Crippen LogP contribution in [0.5, 0.6) is 5.75 Å². The standard InChI is InChI=1S/C16H11NO4/c18-14-10-21-13-9-5-4-8-12(13)16(20)17(14)15(19)11-6-2-1-3-7-11/h1-9H,10H2. The van der Waals surface area contributed by atoms with E-state index in [-0.39, 0.29) is 17.7 Å². The van der Waals surface area contributed by atoms with Crippen molar-refractivity contribution >= 4 is 17.7 Å². The third-order valence-electron chi connectivity index (χ3n) is 3.14. The molecule has 0 aliphatic carbocycles. The zero-order valence-electron chi connectivity index (χ0n) is 11.0. The molecule has 0 bridgehead atoms. The first kappa shape index (κ1) is 13.1. The van der Waals surface area contributed by atoms with Gasteiger partial charge < -0.3 is 4.74 Å². The van der Waals surface area contributed by atoms with Crippen molar-refractivity contribution in [2.45, 2.75) is 0 Å². The molecular formula is C16H11NO4. The molecule has 0 atom stereocenters. The van der Waals surface area contributed by atoms with Gasteiger partial charge in [0.25, 0.3) is 17.7 Å². The minimum absolute atomic E-state index is 0.202. The van der Waals surface area contributed by atoms with Crippen molar-refractivity contribution in [3.8, 4) is 5.75 Å². The third kappa shape index (κ3) is 2.29. The number of carbonyl (C=O) groups is 3. The van der Waals surface area contributed by atoms with E-state index in [4.69, 9.17) is 4.74 Å².